The van der Waals surface area contributed by atoms with Crippen LogP contribution in [0.1, 0.15) is 56.1 Å². The Balaban J connectivity index is 1.41. The van der Waals surface area contributed by atoms with Crippen LogP contribution in [0.3, 0.4) is 0 Å². The van der Waals surface area contributed by atoms with E-state index >= 15 is 4.39 Å². The van der Waals surface area contributed by atoms with Gasteiger partial charge in [0.1, 0.15) is 16.7 Å². The molecule has 4 N–H and O–H groups in total. The summed E-state index contributed by atoms with van der Waals surface area (Å²) in [4.78, 5) is 43.9. The van der Waals surface area contributed by atoms with Crippen LogP contribution in [0.5, 0.6) is 11.5 Å². The number of ether oxygens (including phenoxy) is 2. The van der Waals surface area contributed by atoms with Gasteiger partial charge >= 0.3 is 5.69 Å². The Morgan fingerprint density at radius 2 is 1.98 bits per heavy atom. The SMILES string of the molecule is CC(C)n1cc(C(=O)Nc2ccc(Oc3ccnc4[nH]nc(N[C@H](C)CO)c34)c(F)c2)c(=O)n(C2CCOCC2)c1=O. The summed E-state index contributed by atoms with van der Waals surface area (Å²) in [5, 5.41) is 22.4. The Labute approximate surface area is 239 Å². The van der Waals surface area contributed by atoms with E-state index in [4.69, 9.17) is 9.47 Å². The highest BCUT2D eigenvalue weighted by Crippen LogP contribution is 2.34. The summed E-state index contributed by atoms with van der Waals surface area (Å²) >= 11 is 0. The minimum Gasteiger partial charge on any atom is -0.453 e. The van der Waals surface area contributed by atoms with Crippen molar-refractivity contribution >= 4 is 28.4 Å². The van der Waals surface area contributed by atoms with Gasteiger partial charge in [-0.3, -0.25) is 23.8 Å². The number of rotatable bonds is 9. The molecule has 4 aromatic rings. The van der Waals surface area contributed by atoms with Crippen LogP contribution in [0.15, 0.2) is 46.2 Å². The normalized spacial score (nSPS) is 14.7. The van der Waals surface area contributed by atoms with E-state index in [0.29, 0.717) is 42.9 Å². The molecule has 0 saturated carbocycles. The number of carbonyl (C=O) groups is 1. The van der Waals surface area contributed by atoms with Gasteiger partial charge in [0, 0.05) is 61.6 Å². The predicted octanol–water partition coefficient (Wildman–Crippen LogP) is 3.19. The Bertz CT molecular complexity index is 1720. The molecule has 1 saturated heterocycles. The van der Waals surface area contributed by atoms with E-state index in [1.807, 2.05) is 0 Å². The molecule has 14 heteroatoms. The molecule has 1 atom stereocenters. The first-order valence-electron chi connectivity index (χ1n) is 13.6. The van der Waals surface area contributed by atoms with Gasteiger partial charge in [0.2, 0.25) is 0 Å². The van der Waals surface area contributed by atoms with Crippen LogP contribution in [0, 0.1) is 5.82 Å². The van der Waals surface area contributed by atoms with Gasteiger partial charge in [-0.1, -0.05) is 0 Å². The van der Waals surface area contributed by atoms with E-state index in [2.05, 4.69) is 25.8 Å². The van der Waals surface area contributed by atoms with Crippen LogP contribution in [0.2, 0.25) is 0 Å². The molecule has 1 fully saturated rings. The number of aliphatic hydroxyl groups excluding tert-OH is 1. The number of hydrogen-bond donors (Lipinski definition) is 4. The summed E-state index contributed by atoms with van der Waals surface area (Å²) in [7, 11) is 0. The average molecular weight is 582 g/mol. The lowest BCUT2D eigenvalue weighted by atomic mass is 10.1. The van der Waals surface area contributed by atoms with E-state index in [9.17, 15) is 19.5 Å². The zero-order chi connectivity index (χ0) is 30.0. The standard InChI is InChI=1S/C28H32FN7O6/c1-15(2)35-13-19(27(39)36(28(35)40)18-7-10-41-11-8-18)26(38)32-17-4-5-21(20(29)12-17)42-22-6-9-30-24-23(22)25(34-33-24)31-16(3)14-37/h4-6,9,12-13,15-16,18,37H,7-8,10-11,14H2,1-3H3,(H,32,38)(H2,30,31,33,34)/t16-/m1/s1. The molecule has 5 rings (SSSR count). The minimum absolute atomic E-state index is 0.0893. The third kappa shape index (κ3) is 5.76. The second-order valence-corrected chi connectivity index (χ2v) is 10.4. The number of nitrogens with zero attached hydrogens (tertiary/aromatic N) is 4. The molecule has 1 amide bonds. The zero-order valence-corrected chi connectivity index (χ0v) is 23.4. The number of halogens is 1. The molecular weight excluding hydrogens is 549 g/mol. The van der Waals surface area contributed by atoms with Crippen LogP contribution in [-0.4, -0.2) is 61.2 Å². The average Bonchev–Trinajstić information content (AvgIpc) is 3.38. The molecular formula is C28H32FN7O6. The second-order valence-electron chi connectivity index (χ2n) is 10.4. The summed E-state index contributed by atoms with van der Waals surface area (Å²) in [6, 6.07) is 4.41. The van der Waals surface area contributed by atoms with Crippen molar-refractivity contribution in [1.82, 2.24) is 24.3 Å². The summed E-state index contributed by atoms with van der Waals surface area (Å²) in [5.74, 6) is -1.02. The van der Waals surface area contributed by atoms with Crippen LogP contribution >= 0.6 is 0 Å². The summed E-state index contributed by atoms with van der Waals surface area (Å²) in [6.45, 7) is 6.02. The quantitative estimate of drug-likeness (QED) is 0.232. The van der Waals surface area contributed by atoms with Crippen LogP contribution in [0.25, 0.3) is 11.0 Å². The van der Waals surface area contributed by atoms with Crippen molar-refractivity contribution in [1.29, 1.82) is 0 Å². The van der Waals surface area contributed by atoms with Gasteiger partial charge in [0.05, 0.1) is 6.61 Å². The molecule has 42 heavy (non-hydrogen) atoms. The molecule has 0 unspecified atom stereocenters. The second kappa shape index (κ2) is 12.1. The van der Waals surface area contributed by atoms with Crippen molar-refractivity contribution in [3.05, 3.63) is 68.9 Å². The fraction of sp³-hybridized carbons (Fsp3) is 0.393. The molecule has 1 aliphatic heterocycles. The molecule has 4 heterocycles. The summed E-state index contributed by atoms with van der Waals surface area (Å²) in [6.07, 6.45) is 3.68. The Kier molecular flexibility index (Phi) is 8.36. The fourth-order valence-corrected chi connectivity index (χ4v) is 4.75. The number of pyridine rings is 1. The lowest BCUT2D eigenvalue weighted by molar-refractivity contribution is 0.0667. The molecule has 0 bridgehead atoms. The highest BCUT2D eigenvalue weighted by atomic mass is 19.1. The van der Waals surface area contributed by atoms with Gasteiger partial charge in [-0.2, -0.15) is 5.10 Å². The highest BCUT2D eigenvalue weighted by molar-refractivity contribution is 6.03. The van der Waals surface area contributed by atoms with E-state index < -0.39 is 23.0 Å². The maximum Gasteiger partial charge on any atom is 0.331 e. The first kappa shape index (κ1) is 29.0. The largest absolute Gasteiger partial charge is 0.453 e. The number of aliphatic hydroxyl groups is 1. The van der Waals surface area contributed by atoms with Crippen molar-refractivity contribution in [3.8, 4) is 11.5 Å². The third-order valence-corrected chi connectivity index (χ3v) is 6.99. The maximum absolute atomic E-state index is 15.2. The van der Waals surface area contributed by atoms with E-state index in [1.165, 1.54) is 29.1 Å². The zero-order valence-electron chi connectivity index (χ0n) is 23.4. The molecule has 0 radical (unpaired) electrons. The minimum atomic E-state index is -0.772. The Morgan fingerprint density at radius 3 is 2.67 bits per heavy atom. The van der Waals surface area contributed by atoms with Gasteiger partial charge < -0.3 is 25.2 Å². The maximum atomic E-state index is 15.2. The Morgan fingerprint density at radius 1 is 1.21 bits per heavy atom. The number of anilines is 2. The van der Waals surface area contributed by atoms with Gasteiger partial charge in [-0.25, -0.2) is 14.2 Å². The summed E-state index contributed by atoms with van der Waals surface area (Å²) in [5.41, 5.74) is -0.932. The number of aromatic amines is 1. The topological polar surface area (TPSA) is 165 Å². The van der Waals surface area contributed by atoms with Gasteiger partial charge in [-0.05, 0) is 45.7 Å². The molecule has 222 valence electrons. The van der Waals surface area contributed by atoms with Crippen molar-refractivity contribution in [2.75, 3.05) is 30.5 Å². The van der Waals surface area contributed by atoms with Gasteiger partial charge in [-0.15, -0.1) is 0 Å². The lowest BCUT2D eigenvalue weighted by Crippen LogP contribution is -2.46. The van der Waals surface area contributed by atoms with Crippen LogP contribution in [-0.2, 0) is 4.74 Å². The van der Waals surface area contributed by atoms with E-state index in [1.54, 1.807) is 26.8 Å². The number of aromatic nitrogens is 5. The molecule has 13 nitrogen and oxygen atoms in total. The van der Waals surface area contributed by atoms with E-state index in [-0.39, 0.29) is 47.5 Å². The number of nitrogens with one attached hydrogen (secondary N) is 3. The number of hydrogen-bond acceptors (Lipinski definition) is 9. The van der Waals surface area contributed by atoms with Crippen LogP contribution < -0.4 is 26.6 Å². The van der Waals surface area contributed by atoms with Gasteiger partial charge in [0.25, 0.3) is 11.5 Å². The summed E-state index contributed by atoms with van der Waals surface area (Å²) < 4.78 is 28.9. The van der Waals surface area contributed by atoms with Crippen molar-refractivity contribution in [2.24, 2.45) is 0 Å². The number of carbonyl (C=O) groups excluding carboxylic acids is 1. The lowest BCUT2D eigenvalue weighted by Gasteiger charge is -2.25. The van der Waals surface area contributed by atoms with Gasteiger partial charge in [0.15, 0.2) is 23.0 Å². The molecule has 3 aromatic heterocycles. The first-order valence-corrected chi connectivity index (χ1v) is 13.6. The van der Waals surface area contributed by atoms with Crippen LogP contribution in [0.4, 0.5) is 15.9 Å². The fourth-order valence-electron chi connectivity index (χ4n) is 4.75. The Hall–Kier alpha value is -4.56. The molecule has 1 aliphatic rings. The monoisotopic (exact) mass is 581 g/mol. The van der Waals surface area contributed by atoms with Crippen molar-refractivity contribution < 1.29 is 23.8 Å². The predicted molar refractivity (Wildman–Crippen MR) is 153 cm³/mol. The molecule has 0 spiro atoms. The third-order valence-electron chi connectivity index (χ3n) is 6.99. The number of fused-ring (bicyclic) bond motifs is 1. The molecule has 1 aromatic carbocycles. The van der Waals surface area contributed by atoms with Crippen molar-refractivity contribution in [2.45, 2.75) is 51.7 Å². The first-order chi connectivity index (χ1) is 20.2. The smallest absolute Gasteiger partial charge is 0.331 e. The number of benzene rings is 1. The molecule has 0 aliphatic carbocycles. The van der Waals surface area contributed by atoms with E-state index in [0.717, 1.165) is 10.6 Å². The highest BCUT2D eigenvalue weighted by Gasteiger charge is 2.25. The number of amides is 1. The number of H-pyrrole nitrogens is 1. The van der Waals surface area contributed by atoms with Crippen molar-refractivity contribution in [3.63, 3.8) is 0 Å².